The van der Waals surface area contributed by atoms with Gasteiger partial charge in [0.05, 0.1) is 23.8 Å². The number of nitrogens with one attached hydrogen (secondary N) is 2. The minimum Gasteiger partial charge on any atom is -0.353 e. The summed E-state index contributed by atoms with van der Waals surface area (Å²) >= 11 is 0. The summed E-state index contributed by atoms with van der Waals surface area (Å²) in [5, 5.41) is 10.3. The van der Waals surface area contributed by atoms with Crippen LogP contribution in [-0.4, -0.2) is 51.7 Å². The molecule has 2 heterocycles. The lowest BCUT2D eigenvalue weighted by molar-refractivity contribution is -0.134. The van der Waals surface area contributed by atoms with Crippen molar-refractivity contribution >= 4 is 11.8 Å². The third-order valence-corrected chi connectivity index (χ3v) is 5.39. The van der Waals surface area contributed by atoms with Gasteiger partial charge in [-0.05, 0) is 52.0 Å². The van der Waals surface area contributed by atoms with Gasteiger partial charge in [0.1, 0.15) is 5.82 Å². The Hall–Kier alpha value is -2.74. The van der Waals surface area contributed by atoms with Gasteiger partial charge < -0.3 is 10.6 Å². The van der Waals surface area contributed by atoms with Gasteiger partial charge in [-0.25, -0.2) is 9.07 Å². The molecule has 7 nitrogen and oxygen atoms in total. The first-order chi connectivity index (χ1) is 13.8. The SMILES string of the molecule is Cc1nn(-c2ccc(F)cc2)c(C)c1CNC(=O)CC1C(=O)NCCN1C(C)C. The van der Waals surface area contributed by atoms with E-state index in [0.717, 1.165) is 29.2 Å². The highest BCUT2D eigenvalue weighted by molar-refractivity contribution is 5.88. The molecule has 2 N–H and O–H groups in total. The van der Waals surface area contributed by atoms with Gasteiger partial charge in [0, 0.05) is 36.9 Å². The Labute approximate surface area is 170 Å². The van der Waals surface area contributed by atoms with Crippen LogP contribution in [0.1, 0.15) is 37.2 Å². The highest BCUT2D eigenvalue weighted by atomic mass is 19.1. The number of rotatable bonds is 6. The molecule has 29 heavy (non-hydrogen) atoms. The van der Waals surface area contributed by atoms with Gasteiger partial charge in [0.15, 0.2) is 0 Å². The summed E-state index contributed by atoms with van der Waals surface area (Å²) < 4.78 is 14.9. The van der Waals surface area contributed by atoms with Crippen LogP contribution in [0.25, 0.3) is 5.69 Å². The lowest BCUT2D eigenvalue weighted by Gasteiger charge is -2.37. The number of piperazine rings is 1. The maximum absolute atomic E-state index is 13.2. The number of carbonyl (C=O) groups excluding carboxylic acids is 2. The van der Waals surface area contributed by atoms with Gasteiger partial charge in [-0.2, -0.15) is 5.10 Å². The number of aryl methyl sites for hydroxylation is 1. The van der Waals surface area contributed by atoms with Crippen molar-refractivity contribution in [1.82, 2.24) is 25.3 Å². The predicted octanol–water partition coefficient (Wildman–Crippen LogP) is 1.84. The second kappa shape index (κ2) is 8.73. The van der Waals surface area contributed by atoms with E-state index in [9.17, 15) is 14.0 Å². The van der Waals surface area contributed by atoms with E-state index in [0.29, 0.717) is 13.1 Å². The quantitative estimate of drug-likeness (QED) is 0.774. The van der Waals surface area contributed by atoms with Crippen LogP contribution in [0, 0.1) is 19.7 Å². The van der Waals surface area contributed by atoms with E-state index in [-0.39, 0.29) is 30.1 Å². The number of halogens is 1. The van der Waals surface area contributed by atoms with E-state index in [1.165, 1.54) is 12.1 Å². The number of hydrogen-bond donors (Lipinski definition) is 2. The molecule has 0 bridgehead atoms. The molecule has 156 valence electrons. The number of nitrogens with zero attached hydrogens (tertiary/aromatic N) is 3. The van der Waals surface area contributed by atoms with Gasteiger partial charge in [0.2, 0.25) is 11.8 Å². The smallest absolute Gasteiger partial charge is 0.237 e. The van der Waals surface area contributed by atoms with E-state index in [2.05, 4.69) is 20.6 Å². The first kappa shape index (κ1) is 21.0. The number of aromatic nitrogens is 2. The average Bonchev–Trinajstić information content (AvgIpc) is 2.96. The maximum Gasteiger partial charge on any atom is 0.237 e. The molecule has 2 amide bonds. The molecule has 8 heteroatoms. The Morgan fingerprint density at radius 3 is 2.66 bits per heavy atom. The summed E-state index contributed by atoms with van der Waals surface area (Å²) in [6, 6.07) is 5.86. The van der Waals surface area contributed by atoms with Gasteiger partial charge >= 0.3 is 0 Å². The zero-order valence-corrected chi connectivity index (χ0v) is 17.3. The largest absolute Gasteiger partial charge is 0.353 e. The summed E-state index contributed by atoms with van der Waals surface area (Å²) in [7, 11) is 0. The lowest BCUT2D eigenvalue weighted by Crippen LogP contribution is -2.58. The van der Waals surface area contributed by atoms with Crippen molar-refractivity contribution in [3.8, 4) is 5.69 Å². The monoisotopic (exact) mass is 401 g/mol. The minimum absolute atomic E-state index is 0.100. The van der Waals surface area contributed by atoms with E-state index >= 15 is 0 Å². The van der Waals surface area contributed by atoms with Crippen LogP contribution < -0.4 is 10.6 Å². The topological polar surface area (TPSA) is 79.3 Å². The second-order valence-electron chi connectivity index (χ2n) is 7.66. The van der Waals surface area contributed by atoms with Crippen LogP contribution in [0.15, 0.2) is 24.3 Å². The van der Waals surface area contributed by atoms with Crippen LogP contribution in [0.3, 0.4) is 0 Å². The maximum atomic E-state index is 13.2. The normalized spacial score (nSPS) is 17.4. The van der Waals surface area contributed by atoms with Crippen molar-refractivity contribution in [2.24, 2.45) is 0 Å². The van der Waals surface area contributed by atoms with Gasteiger partial charge in [-0.15, -0.1) is 0 Å². The second-order valence-corrected chi connectivity index (χ2v) is 7.66. The molecule has 1 saturated heterocycles. The van der Waals surface area contributed by atoms with Crippen LogP contribution in [0.4, 0.5) is 4.39 Å². The summed E-state index contributed by atoms with van der Waals surface area (Å²) in [6.45, 7) is 9.53. The number of amides is 2. The molecule has 0 aliphatic carbocycles. The van der Waals surface area contributed by atoms with Gasteiger partial charge in [-0.1, -0.05) is 0 Å². The fourth-order valence-electron chi connectivity index (χ4n) is 3.76. The highest BCUT2D eigenvalue weighted by Crippen LogP contribution is 2.19. The Morgan fingerprint density at radius 2 is 2.00 bits per heavy atom. The van der Waals surface area contributed by atoms with Crippen LogP contribution in [0.5, 0.6) is 0 Å². The van der Waals surface area contributed by atoms with Crippen LogP contribution in [-0.2, 0) is 16.1 Å². The van der Waals surface area contributed by atoms with Crippen LogP contribution >= 0.6 is 0 Å². The van der Waals surface area contributed by atoms with Crippen molar-refractivity contribution in [2.75, 3.05) is 13.1 Å². The number of hydrogen-bond acceptors (Lipinski definition) is 4. The van der Waals surface area contributed by atoms with E-state index in [4.69, 9.17) is 0 Å². The lowest BCUT2D eigenvalue weighted by atomic mass is 10.1. The van der Waals surface area contributed by atoms with Gasteiger partial charge in [-0.3, -0.25) is 14.5 Å². The first-order valence-electron chi connectivity index (χ1n) is 9.89. The molecular weight excluding hydrogens is 373 g/mol. The summed E-state index contributed by atoms with van der Waals surface area (Å²) in [5.74, 6) is -0.576. The zero-order valence-electron chi connectivity index (χ0n) is 17.3. The first-order valence-corrected chi connectivity index (χ1v) is 9.89. The predicted molar refractivity (Wildman–Crippen MR) is 108 cm³/mol. The molecule has 0 spiro atoms. The molecule has 1 unspecified atom stereocenters. The van der Waals surface area contributed by atoms with Crippen molar-refractivity contribution in [3.63, 3.8) is 0 Å². The van der Waals surface area contributed by atoms with Crippen molar-refractivity contribution in [1.29, 1.82) is 0 Å². The third kappa shape index (κ3) is 4.64. The molecule has 0 saturated carbocycles. The Balaban J connectivity index is 1.67. The molecule has 0 radical (unpaired) electrons. The summed E-state index contributed by atoms with van der Waals surface area (Å²) in [6.07, 6.45) is 0.119. The molecule has 1 fully saturated rings. The Morgan fingerprint density at radius 1 is 1.31 bits per heavy atom. The summed E-state index contributed by atoms with van der Waals surface area (Å²) in [4.78, 5) is 26.8. The van der Waals surface area contributed by atoms with E-state index in [1.54, 1.807) is 16.8 Å². The summed E-state index contributed by atoms with van der Waals surface area (Å²) in [5.41, 5.74) is 3.35. The van der Waals surface area contributed by atoms with Crippen molar-refractivity contribution < 1.29 is 14.0 Å². The van der Waals surface area contributed by atoms with E-state index in [1.807, 2.05) is 27.7 Å². The number of carbonyl (C=O) groups is 2. The van der Waals surface area contributed by atoms with Gasteiger partial charge in [0.25, 0.3) is 0 Å². The highest BCUT2D eigenvalue weighted by Gasteiger charge is 2.32. The Kier molecular flexibility index (Phi) is 6.32. The molecule has 1 aliphatic rings. The van der Waals surface area contributed by atoms with Crippen LogP contribution in [0.2, 0.25) is 0 Å². The molecule has 1 aromatic heterocycles. The minimum atomic E-state index is -0.451. The molecular formula is C21H28FN5O2. The fourth-order valence-corrected chi connectivity index (χ4v) is 3.76. The molecule has 3 rings (SSSR count). The van der Waals surface area contributed by atoms with Crippen molar-refractivity contribution in [2.45, 2.75) is 52.7 Å². The molecule has 1 aromatic carbocycles. The number of benzene rings is 1. The third-order valence-electron chi connectivity index (χ3n) is 5.39. The molecule has 1 aliphatic heterocycles. The molecule has 2 aromatic rings. The average molecular weight is 401 g/mol. The van der Waals surface area contributed by atoms with Crippen molar-refractivity contribution in [3.05, 3.63) is 47.0 Å². The fraction of sp³-hybridized carbons (Fsp3) is 0.476. The molecule has 1 atom stereocenters. The standard InChI is InChI=1S/C21H28FN5O2/c1-13(2)26-10-9-23-21(29)19(26)11-20(28)24-12-18-14(3)25-27(15(18)4)17-7-5-16(22)6-8-17/h5-8,13,19H,9-12H2,1-4H3,(H,23,29)(H,24,28). The Bertz CT molecular complexity index is 891. The zero-order chi connectivity index (χ0) is 21.1. The van der Waals surface area contributed by atoms with E-state index < -0.39 is 6.04 Å².